The van der Waals surface area contributed by atoms with Gasteiger partial charge < -0.3 is 9.72 Å². The second-order valence-electron chi connectivity index (χ2n) is 5.13. The van der Waals surface area contributed by atoms with Gasteiger partial charge in [-0.15, -0.1) is 0 Å². The lowest BCUT2D eigenvalue weighted by atomic mass is 9.71. The monoisotopic (exact) mass is 256 g/mol. The van der Waals surface area contributed by atoms with Gasteiger partial charge in [-0.05, 0) is 37.8 Å². The summed E-state index contributed by atoms with van der Waals surface area (Å²) in [4.78, 5) is 18.0. The van der Waals surface area contributed by atoms with E-state index in [9.17, 15) is 4.79 Å². The summed E-state index contributed by atoms with van der Waals surface area (Å²) in [5, 5.41) is 1.08. The number of hydrogen-bond donors (Lipinski definition) is 1. The third-order valence-electron chi connectivity index (χ3n) is 4.14. The van der Waals surface area contributed by atoms with Crippen LogP contribution in [-0.4, -0.2) is 18.2 Å². The fourth-order valence-electron chi connectivity index (χ4n) is 2.97. The van der Waals surface area contributed by atoms with Crippen LogP contribution in [0.4, 0.5) is 0 Å². The molecule has 0 bridgehead atoms. The van der Waals surface area contributed by atoms with Crippen molar-refractivity contribution in [2.75, 3.05) is 7.11 Å². The van der Waals surface area contributed by atoms with Gasteiger partial charge in [0.1, 0.15) is 11.3 Å². The molecular weight excluding hydrogens is 240 g/mol. The molecule has 1 heterocycles. The molecule has 4 heteroatoms. The van der Waals surface area contributed by atoms with Crippen LogP contribution in [0.1, 0.15) is 30.4 Å². The number of aromatic nitrogens is 1. The lowest BCUT2D eigenvalue weighted by Gasteiger charge is -2.38. The lowest BCUT2D eigenvalue weighted by molar-refractivity contribution is 0.247. The van der Waals surface area contributed by atoms with E-state index >= 15 is 0 Å². The van der Waals surface area contributed by atoms with E-state index in [1.165, 1.54) is 0 Å². The first-order valence-electron chi connectivity index (χ1n) is 6.46. The Morgan fingerprint density at radius 1 is 1.42 bits per heavy atom. The maximum absolute atomic E-state index is 10.7. The number of aryl methyl sites for hydroxylation is 1. The summed E-state index contributed by atoms with van der Waals surface area (Å²) in [6.07, 6.45) is 6.54. The second kappa shape index (κ2) is 4.25. The molecule has 1 N–H and O–H groups in total. The molecule has 19 heavy (non-hydrogen) atoms. The van der Waals surface area contributed by atoms with Gasteiger partial charge in [-0.25, -0.2) is 4.79 Å². The first kappa shape index (κ1) is 12.0. The Balaban J connectivity index is 2.29. The molecule has 3 rings (SSSR count). The van der Waals surface area contributed by atoms with Gasteiger partial charge in [-0.3, -0.25) is 0 Å². The van der Waals surface area contributed by atoms with Crippen molar-refractivity contribution in [2.24, 2.45) is 4.99 Å². The number of aliphatic imine (C=N–C) groups is 1. The number of nitrogens with one attached hydrogen (secondary N) is 1. The maximum Gasteiger partial charge on any atom is 0.235 e. The van der Waals surface area contributed by atoms with Crippen LogP contribution in [-0.2, 0) is 10.3 Å². The molecule has 0 aliphatic heterocycles. The number of benzene rings is 1. The first-order valence-corrected chi connectivity index (χ1v) is 6.46. The summed E-state index contributed by atoms with van der Waals surface area (Å²) in [6.45, 7) is 2.04. The summed E-state index contributed by atoms with van der Waals surface area (Å²) < 4.78 is 5.62. The quantitative estimate of drug-likeness (QED) is 0.677. The Bertz CT molecular complexity index is 677. The zero-order chi connectivity index (χ0) is 13.5. The third-order valence-corrected chi connectivity index (χ3v) is 4.14. The van der Waals surface area contributed by atoms with Gasteiger partial charge in [-0.1, -0.05) is 6.07 Å². The molecule has 0 radical (unpaired) electrons. The highest BCUT2D eigenvalue weighted by molar-refractivity contribution is 5.91. The summed E-state index contributed by atoms with van der Waals surface area (Å²) >= 11 is 0. The summed E-state index contributed by atoms with van der Waals surface area (Å²) in [5.41, 5.74) is 2.76. The van der Waals surface area contributed by atoms with Crippen molar-refractivity contribution in [3.05, 3.63) is 29.5 Å². The molecule has 0 amide bonds. The van der Waals surface area contributed by atoms with Gasteiger partial charge in [-0.2, -0.15) is 4.99 Å². The van der Waals surface area contributed by atoms with E-state index in [0.29, 0.717) is 0 Å². The van der Waals surface area contributed by atoms with E-state index in [1.807, 2.05) is 25.3 Å². The van der Waals surface area contributed by atoms with Gasteiger partial charge in [0.05, 0.1) is 7.11 Å². The second-order valence-corrected chi connectivity index (χ2v) is 5.13. The van der Waals surface area contributed by atoms with Crippen LogP contribution in [0, 0.1) is 6.92 Å². The van der Waals surface area contributed by atoms with Crippen molar-refractivity contribution in [1.29, 1.82) is 0 Å². The minimum absolute atomic E-state index is 0.426. The highest BCUT2D eigenvalue weighted by Crippen LogP contribution is 2.50. The van der Waals surface area contributed by atoms with Crippen LogP contribution in [0.15, 0.2) is 23.3 Å². The average molecular weight is 256 g/mol. The Labute approximate surface area is 111 Å². The zero-order valence-electron chi connectivity index (χ0n) is 11.1. The number of carbonyl (C=O) groups excluding carboxylic acids is 1. The number of aromatic amines is 1. The van der Waals surface area contributed by atoms with E-state index in [0.717, 1.165) is 47.0 Å². The minimum Gasteiger partial charge on any atom is -0.496 e. The molecule has 1 aliphatic carbocycles. The third kappa shape index (κ3) is 1.60. The van der Waals surface area contributed by atoms with Crippen molar-refractivity contribution in [3.63, 3.8) is 0 Å². The summed E-state index contributed by atoms with van der Waals surface area (Å²) in [5.74, 6) is 0.829. The Kier molecular flexibility index (Phi) is 2.68. The van der Waals surface area contributed by atoms with Gasteiger partial charge >= 0.3 is 0 Å². The molecule has 2 aromatic rings. The van der Waals surface area contributed by atoms with Crippen LogP contribution in [0.3, 0.4) is 0 Å². The van der Waals surface area contributed by atoms with Crippen LogP contribution in [0.25, 0.3) is 10.9 Å². The van der Waals surface area contributed by atoms with Gasteiger partial charge in [0.25, 0.3) is 0 Å². The van der Waals surface area contributed by atoms with Crippen molar-refractivity contribution in [2.45, 2.75) is 31.7 Å². The van der Waals surface area contributed by atoms with Crippen molar-refractivity contribution < 1.29 is 9.53 Å². The topological polar surface area (TPSA) is 54.4 Å². The molecule has 1 aromatic heterocycles. The number of ether oxygens (including phenoxy) is 1. The summed E-state index contributed by atoms with van der Waals surface area (Å²) in [6, 6.07) is 4.04. The number of isocyanates is 1. The largest absolute Gasteiger partial charge is 0.496 e. The Morgan fingerprint density at radius 2 is 2.21 bits per heavy atom. The molecule has 0 saturated heterocycles. The highest BCUT2D eigenvalue weighted by Gasteiger charge is 2.41. The molecule has 1 saturated carbocycles. The van der Waals surface area contributed by atoms with Crippen LogP contribution < -0.4 is 4.74 Å². The van der Waals surface area contributed by atoms with Gasteiger partial charge in [0.2, 0.25) is 6.08 Å². The van der Waals surface area contributed by atoms with Crippen LogP contribution in [0.2, 0.25) is 0 Å². The normalized spacial score (nSPS) is 16.7. The fraction of sp³-hybridized carbons (Fsp3) is 0.400. The molecule has 0 spiro atoms. The van der Waals surface area contributed by atoms with Crippen LogP contribution >= 0.6 is 0 Å². The number of H-pyrrole nitrogens is 1. The minimum atomic E-state index is -0.426. The standard InChI is InChI=1S/C15H16N2O2/c1-10-8-16-12-5-4-11(14(19-2)13(10)12)15(17-9-18)6-3-7-15/h4-5,8,16H,3,6-7H2,1-2H3. The average Bonchev–Trinajstić information content (AvgIpc) is 2.75. The zero-order valence-corrected chi connectivity index (χ0v) is 11.1. The van der Waals surface area contributed by atoms with Crippen molar-refractivity contribution in [3.8, 4) is 5.75 Å². The number of methoxy groups -OCH3 is 1. The van der Waals surface area contributed by atoms with Gasteiger partial charge in [0, 0.05) is 22.7 Å². The Morgan fingerprint density at radius 3 is 2.79 bits per heavy atom. The van der Waals surface area contributed by atoms with E-state index < -0.39 is 5.54 Å². The lowest BCUT2D eigenvalue weighted by Crippen LogP contribution is -2.32. The van der Waals surface area contributed by atoms with E-state index in [-0.39, 0.29) is 0 Å². The van der Waals surface area contributed by atoms with Crippen LogP contribution in [0.5, 0.6) is 5.75 Å². The molecule has 4 nitrogen and oxygen atoms in total. The number of nitrogens with zero attached hydrogens (tertiary/aromatic N) is 1. The maximum atomic E-state index is 10.7. The predicted molar refractivity (Wildman–Crippen MR) is 73.2 cm³/mol. The van der Waals surface area contributed by atoms with Gasteiger partial charge in [0.15, 0.2) is 0 Å². The SMILES string of the molecule is COc1c(C2(N=C=O)CCC2)ccc2[nH]cc(C)c12. The fourth-order valence-corrected chi connectivity index (χ4v) is 2.97. The van der Waals surface area contributed by atoms with E-state index in [1.54, 1.807) is 13.2 Å². The molecule has 98 valence electrons. The number of rotatable bonds is 3. The molecule has 0 atom stereocenters. The molecule has 1 fully saturated rings. The molecule has 0 unspecified atom stereocenters. The first-order chi connectivity index (χ1) is 9.22. The summed E-state index contributed by atoms with van der Waals surface area (Å²) in [7, 11) is 1.67. The molecule has 1 aliphatic rings. The number of hydrogen-bond acceptors (Lipinski definition) is 3. The number of fused-ring (bicyclic) bond motifs is 1. The van der Waals surface area contributed by atoms with Crippen molar-refractivity contribution in [1.82, 2.24) is 4.98 Å². The van der Waals surface area contributed by atoms with Crippen molar-refractivity contribution >= 4 is 17.0 Å². The molecular formula is C15H16N2O2. The van der Waals surface area contributed by atoms with E-state index in [2.05, 4.69) is 9.98 Å². The van der Waals surface area contributed by atoms with E-state index in [4.69, 9.17) is 4.74 Å². The Hall–Kier alpha value is -2.06. The predicted octanol–water partition coefficient (Wildman–Crippen LogP) is 3.20. The highest BCUT2D eigenvalue weighted by atomic mass is 16.5. The molecule has 1 aromatic carbocycles. The smallest absolute Gasteiger partial charge is 0.235 e.